The summed E-state index contributed by atoms with van der Waals surface area (Å²) in [6.45, 7) is 4.12. The molecule has 29 heavy (non-hydrogen) atoms. The van der Waals surface area contributed by atoms with Crippen LogP contribution in [0.25, 0.3) is 0 Å². The van der Waals surface area contributed by atoms with Crippen LogP contribution in [0.4, 0.5) is 0 Å². The maximum absolute atomic E-state index is 12.6. The number of rotatable bonds is 6. The fourth-order valence-corrected chi connectivity index (χ4v) is 3.22. The van der Waals surface area contributed by atoms with E-state index in [2.05, 4.69) is 0 Å². The first-order valence-electron chi connectivity index (χ1n) is 9.54. The summed E-state index contributed by atoms with van der Waals surface area (Å²) in [7, 11) is 0. The third-order valence-electron chi connectivity index (χ3n) is 4.97. The number of hydrogen-bond acceptors (Lipinski definition) is 4. The number of ether oxygens (including phenoxy) is 1. The third-order valence-corrected chi connectivity index (χ3v) is 4.97. The van der Waals surface area contributed by atoms with Crippen molar-refractivity contribution in [2.75, 3.05) is 32.8 Å². The number of aromatic carboxylic acids is 1. The van der Waals surface area contributed by atoms with E-state index in [4.69, 9.17) is 9.84 Å². The maximum atomic E-state index is 12.6. The van der Waals surface area contributed by atoms with Crippen molar-refractivity contribution in [2.24, 2.45) is 0 Å². The van der Waals surface area contributed by atoms with Gasteiger partial charge in [-0.1, -0.05) is 18.2 Å². The predicted octanol–water partition coefficient (Wildman–Crippen LogP) is 2.45. The number of carboxylic acids is 1. The first-order chi connectivity index (χ1) is 14.0. The first-order valence-corrected chi connectivity index (χ1v) is 9.54. The zero-order chi connectivity index (χ0) is 20.8. The van der Waals surface area contributed by atoms with Gasteiger partial charge in [0.05, 0.1) is 18.6 Å². The lowest BCUT2D eigenvalue weighted by atomic mass is 10.1. The van der Waals surface area contributed by atoms with E-state index in [9.17, 15) is 14.4 Å². The summed E-state index contributed by atoms with van der Waals surface area (Å²) < 4.78 is 5.69. The molecule has 2 amide bonds. The average molecular weight is 396 g/mol. The van der Waals surface area contributed by atoms with Gasteiger partial charge in [-0.15, -0.1) is 0 Å². The van der Waals surface area contributed by atoms with Gasteiger partial charge in [-0.2, -0.15) is 0 Å². The van der Waals surface area contributed by atoms with E-state index in [1.54, 1.807) is 9.80 Å². The lowest BCUT2D eigenvalue weighted by Gasteiger charge is -2.35. The highest BCUT2D eigenvalue weighted by Gasteiger charge is 2.24. The summed E-state index contributed by atoms with van der Waals surface area (Å²) in [4.78, 5) is 39.3. The normalized spacial score (nSPS) is 13.8. The standard InChI is InChI=1S/C22H24N2O5/c1-16-4-2-3-5-19(16)29-15-10-20(25)23-11-13-24(14-12-23)21(26)17-6-8-18(9-7-17)22(27)28/h2-9H,10-15H2,1H3,(H,27,28). The Morgan fingerprint density at radius 1 is 0.897 bits per heavy atom. The molecule has 7 nitrogen and oxygen atoms in total. The molecule has 0 bridgehead atoms. The van der Waals surface area contributed by atoms with Crippen molar-refractivity contribution < 1.29 is 24.2 Å². The molecule has 2 aromatic rings. The Hall–Kier alpha value is -3.35. The van der Waals surface area contributed by atoms with E-state index in [1.807, 2.05) is 31.2 Å². The van der Waals surface area contributed by atoms with Crippen LogP contribution in [0.3, 0.4) is 0 Å². The molecule has 1 N–H and O–H groups in total. The highest BCUT2D eigenvalue weighted by atomic mass is 16.5. The number of hydrogen-bond donors (Lipinski definition) is 1. The lowest BCUT2D eigenvalue weighted by molar-refractivity contribution is -0.133. The van der Waals surface area contributed by atoms with Crippen LogP contribution in [0, 0.1) is 6.92 Å². The van der Waals surface area contributed by atoms with Crippen LogP contribution >= 0.6 is 0 Å². The summed E-state index contributed by atoms with van der Waals surface area (Å²) in [5.74, 6) is -0.388. The molecular weight excluding hydrogens is 372 g/mol. The van der Waals surface area contributed by atoms with Gasteiger partial charge in [-0.3, -0.25) is 9.59 Å². The molecule has 0 atom stereocenters. The van der Waals surface area contributed by atoms with Crippen molar-refractivity contribution >= 4 is 17.8 Å². The van der Waals surface area contributed by atoms with Gasteiger partial charge in [0.25, 0.3) is 5.91 Å². The SMILES string of the molecule is Cc1ccccc1OCCC(=O)N1CCN(C(=O)c2ccc(C(=O)O)cc2)CC1. The molecule has 1 saturated heterocycles. The van der Waals surface area contributed by atoms with Gasteiger partial charge in [0, 0.05) is 31.7 Å². The molecule has 0 radical (unpaired) electrons. The topological polar surface area (TPSA) is 87.2 Å². The summed E-state index contributed by atoms with van der Waals surface area (Å²) in [6, 6.07) is 13.6. The number of amides is 2. The summed E-state index contributed by atoms with van der Waals surface area (Å²) in [6.07, 6.45) is 0.291. The number of aryl methyl sites for hydroxylation is 1. The van der Waals surface area contributed by atoms with Crippen LogP contribution < -0.4 is 4.74 Å². The van der Waals surface area contributed by atoms with Crippen molar-refractivity contribution in [3.63, 3.8) is 0 Å². The number of carbonyl (C=O) groups excluding carboxylic acids is 2. The smallest absolute Gasteiger partial charge is 0.335 e. The highest BCUT2D eigenvalue weighted by molar-refractivity contribution is 5.96. The van der Waals surface area contributed by atoms with Crippen LogP contribution in [0.5, 0.6) is 5.75 Å². The van der Waals surface area contributed by atoms with E-state index in [0.29, 0.717) is 44.8 Å². The molecule has 0 aliphatic carbocycles. The van der Waals surface area contributed by atoms with Gasteiger partial charge in [0.1, 0.15) is 5.75 Å². The minimum absolute atomic E-state index is 0.0106. The lowest BCUT2D eigenvalue weighted by Crippen LogP contribution is -2.50. The van der Waals surface area contributed by atoms with Gasteiger partial charge in [0.2, 0.25) is 5.91 Å². The van der Waals surface area contributed by atoms with Crippen molar-refractivity contribution in [3.05, 3.63) is 65.2 Å². The van der Waals surface area contributed by atoms with Gasteiger partial charge in [-0.05, 0) is 42.8 Å². The molecule has 0 unspecified atom stereocenters. The van der Waals surface area contributed by atoms with E-state index < -0.39 is 5.97 Å². The fourth-order valence-electron chi connectivity index (χ4n) is 3.22. The van der Waals surface area contributed by atoms with Crippen LogP contribution in [-0.2, 0) is 4.79 Å². The number of carbonyl (C=O) groups is 3. The molecule has 1 heterocycles. The second-order valence-corrected chi connectivity index (χ2v) is 6.92. The Morgan fingerprint density at radius 3 is 2.10 bits per heavy atom. The summed E-state index contributed by atoms with van der Waals surface area (Å²) in [5, 5.41) is 8.94. The van der Waals surface area contributed by atoms with Crippen molar-refractivity contribution in [3.8, 4) is 5.75 Å². The maximum Gasteiger partial charge on any atom is 0.335 e. The number of nitrogens with zero attached hydrogens (tertiary/aromatic N) is 2. The molecule has 1 fully saturated rings. The zero-order valence-electron chi connectivity index (χ0n) is 16.3. The minimum atomic E-state index is -1.03. The molecule has 3 rings (SSSR count). The van der Waals surface area contributed by atoms with Gasteiger partial charge >= 0.3 is 5.97 Å². The Labute approximate surface area is 169 Å². The Balaban J connectivity index is 1.45. The summed E-state index contributed by atoms with van der Waals surface area (Å²) >= 11 is 0. The molecule has 1 aliphatic heterocycles. The Kier molecular flexibility index (Phi) is 6.49. The predicted molar refractivity (Wildman–Crippen MR) is 107 cm³/mol. The second kappa shape index (κ2) is 9.23. The quantitative estimate of drug-likeness (QED) is 0.810. The second-order valence-electron chi connectivity index (χ2n) is 6.92. The molecule has 152 valence electrons. The third kappa shape index (κ3) is 5.13. The van der Waals surface area contributed by atoms with Crippen LogP contribution in [0.2, 0.25) is 0 Å². The van der Waals surface area contributed by atoms with E-state index >= 15 is 0 Å². The fraction of sp³-hybridized carbons (Fsp3) is 0.318. The Bertz CT molecular complexity index is 886. The van der Waals surface area contributed by atoms with E-state index in [-0.39, 0.29) is 17.4 Å². The van der Waals surface area contributed by atoms with Gasteiger partial charge in [-0.25, -0.2) is 4.79 Å². The molecular formula is C22H24N2O5. The van der Waals surface area contributed by atoms with Gasteiger partial charge < -0.3 is 19.6 Å². The van der Waals surface area contributed by atoms with Crippen molar-refractivity contribution in [2.45, 2.75) is 13.3 Å². The van der Waals surface area contributed by atoms with E-state index in [1.165, 1.54) is 24.3 Å². The van der Waals surface area contributed by atoms with Crippen LogP contribution in [0.15, 0.2) is 48.5 Å². The monoisotopic (exact) mass is 396 g/mol. The number of benzene rings is 2. The molecule has 7 heteroatoms. The zero-order valence-corrected chi connectivity index (χ0v) is 16.3. The minimum Gasteiger partial charge on any atom is -0.493 e. The number of piperazine rings is 1. The van der Waals surface area contributed by atoms with Crippen molar-refractivity contribution in [1.29, 1.82) is 0 Å². The Morgan fingerprint density at radius 2 is 1.48 bits per heavy atom. The summed E-state index contributed by atoms with van der Waals surface area (Å²) in [5.41, 5.74) is 1.62. The highest BCUT2D eigenvalue weighted by Crippen LogP contribution is 2.16. The molecule has 0 saturated carbocycles. The van der Waals surface area contributed by atoms with Gasteiger partial charge in [0.15, 0.2) is 0 Å². The largest absolute Gasteiger partial charge is 0.493 e. The van der Waals surface area contributed by atoms with E-state index in [0.717, 1.165) is 11.3 Å². The molecule has 0 aromatic heterocycles. The van der Waals surface area contributed by atoms with Crippen LogP contribution in [0.1, 0.15) is 32.7 Å². The molecule has 2 aromatic carbocycles. The first kappa shape index (κ1) is 20.4. The van der Waals surface area contributed by atoms with Crippen molar-refractivity contribution in [1.82, 2.24) is 9.80 Å². The average Bonchev–Trinajstić information content (AvgIpc) is 2.74. The molecule has 1 aliphatic rings. The number of para-hydroxylation sites is 1. The number of carboxylic acid groups (broad SMARTS) is 1. The van der Waals surface area contributed by atoms with Crippen LogP contribution in [-0.4, -0.2) is 65.5 Å². The molecule has 0 spiro atoms.